The molecule has 1 saturated carbocycles. The summed E-state index contributed by atoms with van der Waals surface area (Å²) in [6, 6.07) is 8.29. The van der Waals surface area contributed by atoms with Crippen LogP contribution < -0.4 is 5.32 Å². The Morgan fingerprint density at radius 2 is 2.29 bits per heavy atom. The van der Waals surface area contributed by atoms with E-state index in [0.717, 1.165) is 12.6 Å². The molecule has 2 N–H and O–H groups in total. The lowest BCUT2D eigenvalue weighted by molar-refractivity contribution is 0.473. The van der Waals surface area contributed by atoms with Crippen molar-refractivity contribution in [2.75, 3.05) is 6.54 Å². The van der Waals surface area contributed by atoms with Gasteiger partial charge in [0.1, 0.15) is 5.75 Å². The van der Waals surface area contributed by atoms with Gasteiger partial charge in [0, 0.05) is 12.6 Å². The first-order chi connectivity index (χ1) is 6.75. The highest BCUT2D eigenvalue weighted by atomic mass is 16.3. The summed E-state index contributed by atoms with van der Waals surface area (Å²) in [7, 11) is 0. The van der Waals surface area contributed by atoms with Crippen LogP contribution in [0, 0.1) is 0 Å². The van der Waals surface area contributed by atoms with Crippen LogP contribution >= 0.6 is 0 Å². The minimum atomic E-state index is 0.362. The predicted octanol–water partition coefficient (Wildman–Crippen LogP) is 2.25. The number of nitrogens with one attached hydrogen (secondary N) is 1. The molecule has 1 aliphatic carbocycles. The summed E-state index contributed by atoms with van der Waals surface area (Å²) in [4.78, 5) is 0. The molecule has 2 heteroatoms. The monoisotopic (exact) mass is 191 g/mol. The maximum absolute atomic E-state index is 9.33. The molecule has 76 valence electrons. The Morgan fingerprint density at radius 3 is 2.93 bits per heavy atom. The van der Waals surface area contributed by atoms with Crippen LogP contribution in [0.25, 0.3) is 0 Å². The quantitative estimate of drug-likeness (QED) is 0.765. The van der Waals surface area contributed by atoms with Gasteiger partial charge in [0.2, 0.25) is 0 Å². The van der Waals surface area contributed by atoms with Gasteiger partial charge in [0.15, 0.2) is 0 Å². The Morgan fingerprint density at radius 1 is 1.50 bits per heavy atom. The summed E-state index contributed by atoms with van der Waals surface area (Å²) in [5, 5.41) is 12.8. The van der Waals surface area contributed by atoms with Crippen LogP contribution in [0.3, 0.4) is 0 Å². The fourth-order valence-electron chi connectivity index (χ4n) is 1.58. The van der Waals surface area contributed by atoms with E-state index in [0.29, 0.717) is 11.7 Å². The standard InChI is InChI=1S/C12H17NO/c1-9(8-13-11-5-6-11)10-3-2-4-12(14)7-10/h2-4,7,9,11,13-14H,5-6,8H2,1H3. The number of phenolic OH excluding ortho intramolecular Hbond substituents is 1. The Hall–Kier alpha value is -1.02. The smallest absolute Gasteiger partial charge is 0.115 e. The molecule has 0 amide bonds. The molecule has 0 bridgehead atoms. The third-order valence-electron chi connectivity index (χ3n) is 2.73. The molecule has 2 nitrogen and oxygen atoms in total. The molecule has 1 fully saturated rings. The molecule has 1 aliphatic rings. The first kappa shape index (κ1) is 9.53. The van der Waals surface area contributed by atoms with Crippen molar-refractivity contribution >= 4 is 0 Å². The summed E-state index contributed by atoms with van der Waals surface area (Å²) in [6.45, 7) is 3.19. The highest BCUT2D eigenvalue weighted by Gasteiger charge is 2.21. The lowest BCUT2D eigenvalue weighted by Crippen LogP contribution is -2.21. The van der Waals surface area contributed by atoms with Crippen molar-refractivity contribution in [2.24, 2.45) is 0 Å². The topological polar surface area (TPSA) is 32.3 Å². The minimum absolute atomic E-state index is 0.362. The lowest BCUT2D eigenvalue weighted by Gasteiger charge is -2.12. The molecule has 0 aliphatic heterocycles. The minimum Gasteiger partial charge on any atom is -0.508 e. The fourth-order valence-corrected chi connectivity index (χ4v) is 1.58. The van der Waals surface area contributed by atoms with Gasteiger partial charge >= 0.3 is 0 Å². The van der Waals surface area contributed by atoms with Gasteiger partial charge in [-0.15, -0.1) is 0 Å². The highest BCUT2D eigenvalue weighted by Crippen LogP contribution is 2.22. The van der Waals surface area contributed by atoms with Gasteiger partial charge in [0.25, 0.3) is 0 Å². The number of rotatable bonds is 4. The first-order valence-electron chi connectivity index (χ1n) is 5.28. The van der Waals surface area contributed by atoms with Gasteiger partial charge in [-0.1, -0.05) is 19.1 Å². The molecule has 1 aromatic rings. The molecular weight excluding hydrogens is 174 g/mol. The Kier molecular flexibility index (Phi) is 2.73. The Bertz CT molecular complexity index is 307. The van der Waals surface area contributed by atoms with Crippen LogP contribution in [0.15, 0.2) is 24.3 Å². The first-order valence-corrected chi connectivity index (χ1v) is 5.28. The zero-order valence-corrected chi connectivity index (χ0v) is 8.53. The van der Waals surface area contributed by atoms with Crippen molar-refractivity contribution in [3.8, 4) is 5.75 Å². The molecule has 1 aromatic carbocycles. The second kappa shape index (κ2) is 4.01. The molecule has 14 heavy (non-hydrogen) atoms. The second-order valence-corrected chi connectivity index (χ2v) is 4.18. The SMILES string of the molecule is CC(CNC1CC1)c1cccc(O)c1. The fraction of sp³-hybridized carbons (Fsp3) is 0.500. The molecule has 0 heterocycles. The van der Waals surface area contributed by atoms with Crippen LogP contribution in [-0.4, -0.2) is 17.7 Å². The number of benzene rings is 1. The summed E-state index contributed by atoms with van der Waals surface area (Å²) in [5.41, 5.74) is 1.21. The number of hydrogen-bond acceptors (Lipinski definition) is 2. The van der Waals surface area contributed by atoms with Crippen molar-refractivity contribution in [1.82, 2.24) is 5.32 Å². The van der Waals surface area contributed by atoms with E-state index < -0.39 is 0 Å². The summed E-state index contributed by atoms with van der Waals surface area (Å²) in [6.07, 6.45) is 2.65. The van der Waals surface area contributed by atoms with Crippen molar-refractivity contribution in [2.45, 2.75) is 31.7 Å². The zero-order chi connectivity index (χ0) is 9.97. The van der Waals surface area contributed by atoms with E-state index in [1.54, 1.807) is 6.07 Å². The molecule has 0 saturated heterocycles. The lowest BCUT2D eigenvalue weighted by atomic mass is 10.0. The normalized spacial score (nSPS) is 18.1. The maximum Gasteiger partial charge on any atom is 0.115 e. The van der Waals surface area contributed by atoms with E-state index >= 15 is 0 Å². The molecule has 0 spiro atoms. The van der Waals surface area contributed by atoms with Crippen molar-refractivity contribution < 1.29 is 5.11 Å². The zero-order valence-electron chi connectivity index (χ0n) is 8.53. The average Bonchev–Trinajstić information content (AvgIpc) is 2.97. The highest BCUT2D eigenvalue weighted by molar-refractivity contribution is 5.29. The summed E-state index contributed by atoms with van der Waals surface area (Å²) in [5.74, 6) is 0.837. The van der Waals surface area contributed by atoms with Gasteiger partial charge in [-0.25, -0.2) is 0 Å². The molecule has 1 unspecified atom stereocenters. The third kappa shape index (κ3) is 2.48. The van der Waals surface area contributed by atoms with E-state index in [9.17, 15) is 5.11 Å². The predicted molar refractivity (Wildman–Crippen MR) is 57.5 cm³/mol. The van der Waals surface area contributed by atoms with Crippen LogP contribution in [0.1, 0.15) is 31.2 Å². The van der Waals surface area contributed by atoms with Crippen LogP contribution in [0.4, 0.5) is 0 Å². The van der Waals surface area contributed by atoms with Crippen LogP contribution in [0.5, 0.6) is 5.75 Å². The van der Waals surface area contributed by atoms with Gasteiger partial charge < -0.3 is 10.4 Å². The van der Waals surface area contributed by atoms with E-state index in [4.69, 9.17) is 0 Å². The molecule has 1 atom stereocenters. The van der Waals surface area contributed by atoms with Gasteiger partial charge in [-0.3, -0.25) is 0 Å². The second-order valence-electron chi connectivity index (χ2n) is 4.18. The third-order valence-corrected chi connectivity index (χ3v) is 2.73. The Balaban J connectivity index is 1.91. The number of hydrogen-bond donors (Lipinski definition) is 2. The molecule has 0 aromatic heterocycles. The van der Waals surface area contributed by atoms with E-state index in [1.165, 1.54) is 18.4 Å². The number of phenols is 1. The molecule has 0 radical (unpaired) electrons. The van der Waals surface area contributed by atoms with Gasteiger partial charge in [0.05, 0.1) is 0 Å². The number of aromatic hydroxyl groups is 1. The van der Waals surface area contributed by atoms with E-state index in [-0.39, 0.29) is 0 Å². The summed E-state index contributed by atoms with van der Waals surface area (Å²) < 4.78 is 0. The average molecular weight is 191 g/mol. The summed E-state index contributed by atoms with van der Waals surface area (Å²) >= 11 is 0. The van der Waals surface area contributed by atoms with E-state index in [2.05, 4.69) is 18.3 Å². The van der Waals surface area contributed by atoms with Crippen molar-refractivity contribution in [3.63, 3.8) is 0 Å². The van der Waals surface area contributed by atoms with Gasteiger partial charge in [-0.05, 0) is 36.5 Å². The maximum atomic E-state index is 9.33. The van der Waals surface area contributed by atoms with E-state index in [1.807, 2.05) is 12.1 Å². The van der Waals surface area contributed by atoms with Crippen LogP contribution in [-0.2, 0) is 0 Å². The largest absolute Gasteiger partial charge is 0.508 e. The van der Waals surface area contributed by atoms with Crippen molar-refractivity contribution in [1.29, 1.82) is 0 Å². The molecule has 2 rings (SSSR count). The Labute approximate surface area is 85.0 Å². The van der Waals surface area contributed by atoms with Gasteiger partial charge in [-0.2, -0.15) is 0 Å². The molecular formula is C12H17NO. The van der Waals surface area contributed by atoms with Crippen LogP contribution in [0.2, 0.25) is 0 Å². The van der Waals surface area contributed by atoms with Crippen molar-refractivity contribution in [3.05, 3.63) is 29.8 Å².